The van der Waals surface area contributed by atoms with Gasteiger partial charge in [0.25, 0.3) is 5.91 Å². The molecule has 0 bridgehead atoms. The summed E-state index contributed by atoms with van der Waals surface area (Å²) in [5.74, 6) is 0.466. The van der Waals surface area contributed by atoms with Crippen molar-refractivity contribution in [2.24, 2.45) is 5.10 Å². The lowest BCUT2D eigenvalue weighted by Gasteiger charge is -2.03. The van der Waals surface area contributed by atoms with E-state index in [1.165, 1.54) is 25.7 Å². The second-order valence-electron chi connectivity index (χ2n) is 4.77. The van der Waals surface area contributed by atoms with Crippen LogP contribution in [0.5, 0.6) is 11.5 Å². The van der Waals surface area contributed by atoms with Crippen LogP contribution in [0.15, 0.2) is 52.2 Å². The fourth-order valence-corrected chi connectivity index (χ4v) is 1.99. The molecule has 1 aromatic carbocycles. The monoisotopic (exact) mass is 326 g/mol. The van der Waals surface area contributed by atoms with E-state index in [0.29, 0.717) is 22.8 Å². The summed E-state index contributed by atoms with van der Waals surface area (Å²) in [6.45, 7) is 0. The van der Waals surface area contributed by atoms with E-state index in [9.17, 15) is 9.90 Å². The highest BCUT2D eigenvalue weighted by Gasteiger charge is 2.12. The summed E-state index contributed by atoms with van der Waals surface area (Å²) >= 11 is 0. The molecular formula is C16H14N4O4. The lowest BCUT2D eigenvalue weighted by molar-refractivity contribution is 0.0950. The number of ether oxygens (including phenoxy) is 1. The van der Waals surface area contributed by atoms with E-state index in [-0.39, 0.29) is 11.4 Å². The van der Waals surface area contributed by atoms with Crippen LogP contribution in [0.1, 0.15) is 16.1 Å². The lowest BCUT2D eigenvalue weighted by atomic mass is 10.2. The fourth-order valence-electron chi connectivity index (χ4n) is 1.99. The van der Waals surface area contributed by atoms with Crippen LogP contribution >= 0.6 is 0 Å². The number of aromatic nitrogens is 2. The number of aromatic amines is 1. The number of aromatic hydroxyl groups is 1. The van der Waals surface area contributed by atoms with Crippen LogP contribution in [-0.2, 0) is 0 Å². The number of hydrogen-bond acceptors (Lipinski definition) is 6. The third kappa shape index (κ3) is 3.27. The minimum absolute atomic E-state index is 0.0284. The number of hydrazone groups is 1. The first kappa shape index (κ1) is 15.3. The van der Waals surface area contributed by atoms with Gasteiger partial charge in [0.2, 0.25) is 0 Å². The molecule has 24 heavy (non-hydrogen) atoms. The Bertz CT molecular complexity index is 868. The number of rotatable bonds is 5. The second-order valence-corrected chi connectivity index (χ2v) is 4.77. The molecule has 0 saturated carbocycles. The summed E-state index contributed by atoms with van der Waals surface area (Å²) in [4.78, 5) is 12.0. The molecule has 2 aromatic heterocycles. The summed E-state index contributed by atoms with van der Waals surface area (Å²) in [7, 11) is 1.45. The van der Waals surface area contributed by atoms with Gasteiger partial charge in [-0.05, 0) is 35.9 Å². The number of phenolic OH excluding ortho intramolecular Hbond substituents is 1. The molecule has 8 heteroatoms. The smallest absolute Gasteiger partial charge is 0.291 e. The average Bonchev–Trinajstić information content (AvgIpc) is 3.27. The van der Waals surface area contributed by atoms with Gasteiger partial charge in [0.05, 0.1) is 19.6 Å². The Hall–Kier alpha value is -3.55. The molecule has 2 heterocycles. The quantitative estimate of drug-likeness (QED) is 0.491. The van der Waals surface area contributed by atoms with Crippen molar-refractivity contribution < 1.29 is 19.1 Å². The highest BCUT2D eigenvalue weighted by atomic mass is 16.5. The van der Waals surface area contributed by atoms with Gasteiger partial charge in [-0.3, -0.25) is 9.89 Å². The number of benzene rings is 1. The average molecular weight is 326 g/mol. The molecule has 3 aromatic rings. The first-order chi connectivity index (χ1) is 11.7. The fraction of sp³-hybridized carbons (Fsp3) is 0.0625. The Morgan fingerprint density at radius 2 is 2.29 bits per heavy atom. The summed E-state index contributed by atoms with van der Waals surface area (Å²) in [5.41, 5.74) is 3.81. The largest absolute Gasteiger partial charge is 0.504 e. The molecule has 0 radical (unpaired) electrons. The predicted octanol–water partition coefficient (Wildman–Crippen LogP) is 2.15. The van der Waals surface area contributed by atoms with E-state index >= 15 is 0 Å². The summed E-state index contributed by atoms with van der Waals surface area (Å²) < 4.78 is 10.2. The second kappa shape index (κ2) is 6.69. The van der Waals surface area contributed by atoms with Gasteiger partial charge in [0.15, 0.2) is 23.0 Å². The van der Waals surface area contributed by atoms with Crippen LogP contribution in [-0.4, -0.2) is 34.5 Å². The zero-order valence-electron chi connectivity index (χ0n) is 12.7. The van der Waals surface area contributed by atoms with E-state index in [2.05, 4.69) is 20.7 Å². The molecule has 0 aliphatic heterocycles. The van der Waals surface area contributed by atoms with Gasteiger partial charge in [-0.2, -0.15) is 10.2 Å². The maximum Gasteiger partial charge on any atom is 0.291 e. The van der Waals surface area contributed by atoms with Crippen LogP contribution in [0.2, 0.25) is 0 Å². The Labute approximate surface area is 136 Å². The first-order valence-corrected chi connectivity index (χ1v) is 6.97. The van der Waals surface area contributed by atoms with Crippen molar-refractivity contribution >= 4 is 12.1 Å². The highest BCUT2D eigenvalue weighted by Crippen LogP contribution is 2.25. The number of carbonyl (C=O) groups excluding carboxylic acids is 1. The van der Waals surface area contributed by atoms with E-state index in [1.54, 1.807) is 30.3 Å². The minimum Gasteiger partial charge on any atom is -0.504 e. The zero-order chi connectivity index (χ0) is 16.9. The van der Waals surface area contributed by atoms with Gasteiger partial charge in [0.1, 0.15) is 5.69 Å². The van der Waals surface area contributed by atoms with Crippen LogP contribution in [0.25, 0.3) is 11.5 Å². The molecular weight excluding hydrogens is 312 g/mol. The third-order valence-electron chi connectivity index (χ3n) is 3.18. The molecule has 122 valence electrons. The number of H-pyrrole nitrogens is 1. The molecule has 0 aliphatic rings. The van der Waals surface area contributed by atoms with Crippen molar-refractivity contribution in [3.63, 3.8) is 0 Å². The maximum atomic E-state index is 12.0. The SMILES string of the molecule is COc1cc(C=NNC(=O)c2cc(-c3ccco3)[nH]n2)ccc1O. The number of nitrogens with one attached hydrogen (secondary N) is 2. The zero-order valence-corrected chi connectivity index (χ0v) is 12.7. The standard InChI is InChI=1S/C16H14N4O4/c1-23-15-7-10(4-5-13(15)21)9-17-20-16(22)12-8-11(18-19-12)14-3-2-6-24-14/h2-9,21H,1H3,(H,18,19)(H,20,22). The molecule has 1 amide bonds. The molecule has 0 fully saturated rings. The van der Waals surface area contributed by atoms with Crippen molar-refractivity contribution in [3.05, 3.63) is 53.9 Å². The molecule has 0 atom stereocenters. The topological polar surface area (TPSA) is 113 Å². The molecule has 3 rings (SSSR count). The van der Waals surface area contributed by atoms with E-state index < -0.39 is 5.91 Å². The van der Waals surface area contributed by atoms with Gasteiger partial charge in [-0.15, -0.1) is 0 Å². The number of amides is 1. The number of phenols is 1. The van der Waals surface area contributed by atoms with Crippen molar-refractivity contribution in [3.8, 4) is 23.0 Å². The van der Waals surface area contributed by atoms with Crippen LogP contribution in [0.3, 0.4) is 0 Å². The highest BCUT2D eigenvalue weighted by molar-refractivity contribution is 5.94. The predicted molar refractivity (Wildman–Crippen MR) is 86.0 cm³/mol. The molecule has 3 N–H and O–H groups in total. The summed E-state index contributed by atoms with van der Waals surface area (Å²) in [6.07, 6.45) is 2.96. The van der Waals surface area contributed by atoms with Gasteiger partial charge < -0.3 is 14.3 Å². The number of carbonyl (C=O) groups is 1. The Kier molecular flexibility index (Phi) is 4.28. The van der Waals surface area contributed by atoms with Gasteiger partial charge in [0, 0.05) is 6.07 Å². The number of nitrogens with zero attached hydrogens (tertiary/aromatic N) is 2. The lowest BCUT2D eigenvalue weighted by Crippen LogP contribution is -2.18. The Morgan fingerprint density at radius 1 is 1.42 bits per heavy atom. The van der Waals surface area contributed by atoms with Gasteiger partial charge in [-0.1, -0.05) is 0 Å². The Balaban J connectivity index is 1.65. The van der Waals surface area contributed by atoms with Crippen molar-refractivity contribution in [1.82, 2.24) is 15.6 Å². The van der Waals surface area contributed by atoms with Crippen molar-refractivity contribution in [2.45, 2.75) is 0 Å². The molecule has 0 unspecified atom stereocenters. The van der Waals surface area contributed by atoms with Crippen LogP contribution in [0, 0.1) is 0 Å². The van der Waals surface area contributed by atoms with Gasteiger partial charge >= 0.3 is 0 Å². The molecule has 0 spiro atoms. The van der Waals surface area contributed by atoms with Crippen LogP contribution < -0.4 is 10.2 Å². The van der Waals surface area contributed by atoms with Crippen molar-refractivity contribution in [1.29, 1.82) is 0 Å². The number of hydrogen-bond donors (Lipinski definition) is 3. The Morgan fingerprint density at radius 3 is 3.04 bits per heavy atom. The van der Waals surface area contributed by atoms with E-state index in [4.69, 9.17) is 9.15 Å². The summed E-state index contributed by atoms with van der Waals surface area (Å²) in [6, 6.07) is 9.77. The first-order valence-electron chi connectivity index (χ1n) is 6.97. The number of furan rings is 1. The number of methoxy groups -OCH3 is 1. The normalized spacial score (nSPS) is 10.9. The minimum atomic E-state index is -0.467. The van der Waals surface area contributed by atoms with Crippen molar-refractivity contribution in [2.75, 3.05) is 7.11 Å². The maximum absolute atomic E-state index is 12.0. The third-order valence-corrected chi connectivity index (χ3v) is 3.18. The van der Waals surface area contributed by atoms with Gasteiger partial charge in [-0.25, -0.2) is 5.43 Å². The molecule has 0 saturated heterocycles. The van der Waals surface area contributed by atoms with Crippen LogP contribution in [0.4, 0.5) is 0 Å². The van der Waals surface area contributed by atoms with E-state index in [0.717, 1.165) is 0 Å². The summed E-state index contributed by atoms with van der Waals surface area (Å²) in [5, 5.41) is 20.0. The molecule has 8 nitrogen and oxygen atoms in total. The van der Waals surface area contributed by atoms with E-state index in [1.807, 2.05) is 0 Å². The molecule has 0 aliphatic carbocycles.